The Morgan fingerprint density at radius 3 is 0.812 bits per heavy atom. The topological polar surface area (TPSA) is 52.6 Å². The van der Waals surface area contributed by atoms with E-state index in [4.69, 9.17) is 17.7 Å². The number of furan rings is 4. The van der Waals surface area contributed by atoms with Crippen molar-refractivity contribution in [3.8, 4) is 0 Å². The highest BCUT2D eigenvalue weighted by Gasteiger charge is 2.26. The van der Waals surface area contributed by atoms with Crippen LogP contribution in [0.2, 0.25) is 0 Å². The van der Waals surface area contributed by atoms with Gasteiger partial charge in [0.15, 0.2) is 0 Å². The summed E-state index contributed by atoms with van der Waals surface area (Å²) < 4.78 is 24.0. The van der Waals surface area contributed by atoms with Crippen molar-refractivity contribution < 1.29 is 17.7 Å². The van der Waals surface area contributed by atoms with E-state index in [2.05, 4.69) is 24.3 Å². The number of rotatable bonds is 6. The summed E-state index contributed by atoms with van der Waals surface area (Å²) in [6.45, 7) is 7.83. The zero-order chi connectivity index (χ0) is 22.2. The summed E-state index contributed by atoms with van der Waals surface area (Å²) in [6, 6.07) is 24.6. The van der Waals surface area contributed by atoms with Gasteiger partial charge >= 0.3 is 0 Å². The van der Waals surface area contributed by atoms with E-state index < -0.39 is 0 Å². The van der Waals surface area contributed by atoms with Crippen molar-refractivity contribution in [3.63, 3.8) is 0 Å². The zero-order valence-electron chi connectivity index (χ0n) is 18.7. The van der Waals surface area contributed by atoms with Crippen LogP contribution in [-0.4, -0.2) is 0 Å². The minimum absolute atomic E-state index is 0.110. The maximum atomic E-state index is 6.00. The van der Waals surface area contributed by atoms with E-state index in [0.29, 0.717) is 0 Å². The number of hydrogen-bond acceptors (Lipinski definition) is 4. The predicted octanol–water partition coefficient (Wildman–Crippen LogP) is 7.65. The summed E-state index contributed by atoms with van der Waals surface area (Å²) >= 11 is 0. The van der Waals surface area contributed by atoms with Gasteiger partial charge in [0, 0.05) is 0 Å². The molecule has 0 spiro atoms. The van der Waals surface area contributed by atoms with Crippen molar-refractivity contribution in [2.24, 2.45) is 0 Å². The Balaban J connectivity index is 1.56. The van der Waals surface area contributed by atoms with Gasteiger partial charge in [-0.15, -0.1) is 0 Å². The van der Waals surface area contributed by atoms with E-state index in [1.807, 2.05) is 76.2 Å². The Morgan fingerprint density at radius 2 is 0.625 bits per heavy atom. The first-order valence-electron chi connectivity index (χ1n) is 10.8. The lowest BCUT2D eigenvalue weighted by Crippen LogP contribution is -2.04. The molecular weight excluding hydrogens is 400 g/mol. The fourth-order valence-corrected chi connectivity index (χ4v) is 4.25. The SMILES string of the molecule is Cc1ccc(C(c2ccc(C(c3ccc(C)o3)c3ccc(C)o3)cc2)c2ccc(C)o2)o1. The van der Waals surface area contributed by atoms with Crippen LogP contribution < -0.4 is 0 Å². The van der Waals surface area contributed by atoms with Crippen molar-refractivity contribution in [1.82, 2.24) is 0 Å². The van der Waals surface area contributed by atoms with Gasteiger partial charge in [-0.25, -0.2) is 0 Å². The molecule has 32 heavy (non-hydrogen) atoms. The summed E-state index contributed by atoms with van der Waals surface area (Å²) in [5.74, 6) is 6.77. The lowest BCUT2D eigenvalue weighted by molar-refractivity contribution is 0.425. The average molecular weight is 427 g/mol. The van der Waals surface area contributed by atoms with Gasteiger partial charge in [-0.3, -0.25) is 0 Å². The largest absolute Gasteiger partial charge is 0.465 e. The molecule has 0 aliphatic heterocycles. The lowest BCUT2D eigenvalue weighted by atomic mass is 9.89. The smallest absolute Gasteiger partial charge is 0.119 e. The van der Waals surface area contributed by atoms with Gasteiger partial charge in [-0.1, -0.05) is 24.3 Å². The van der Waals surface area contributed by atoms with Gasteiger partial charge in [0.2, 0.25) is 0 Å². The van der Waals surface area contributed by atoms with Crippen LogP contribution in [0.4, 0.5) is 0 Å². The summed E-state index contributed by atoms with van der Waals surface area (Å²) in [5.41, 5.74) is 2.20. The number of benzene rings is 1. The Bertz CT molecular complexity index is 1140. The van der Waals surface area contributed by atoms with E-state index >= 15 is 0 Å². The van der Waals surface area contributed by atoms with Crippen LogP contribution in [0.5, 0.6) is 0 Å². The monoisotopic (exact) mass is 426 g/mol. The van der Waals surface area contributed by atoms with Gasteiger partial charge in [-0.2, -0.15) is 0 Å². The maximum absolute atomic E-state index is 6.00. The Hall–Kier alpha value is -3.66. The van der Waals surface area contributed by atoms with Crippen LogP contribution in [0.3, 0.4) is 0 Å². The highest BCUT2D eigenvalue weighted by Crippen LogP contribution is 2.37. The molecule has 0 N–H and O–H groups in total. The van der Waals surface area contributed by atoms with Crippen molar-refractivity contribution >= 4 is 0 Å². The van der Waals surface area contributed by atoms with Crippen molar-refractivity contribution in [3.05, 3.63) is 130 Å². The second-order valence-corrected chi connectivity index (χ2v) is 8.33. The Morgan fingerprint density at radius 1 is 0.375 bits per heavy atom. The van der Waals surface area contributed by atoms with Crippen molar-refractivity contribution in [2.75, 3.05) is 0 Å². The number of aryl methyl sites for hydroxylation is 4. The van der Waals surface area contributed by atoms with Crippen LogP contribution in [0, 0.1) is 27.7 Å². The highest BCUT2D eigenvalue weighted by atomic mass is 16.4. The third-order valence-corrected chi connectivity index (χ3v) is 5.79. The van der Waals surface area contributed by atoms with Crippen LogP contribution in [0.15, 0.2) is 90.5 Å². The fourth-order valence-electron chi connectivity index (χ4n) is 4.25. The molecule has 0 amide bonds. The molecule has 0 fully saturated rings. The second kappa shape index (κ2) is 8.12. The van der Waals surface area contributed by atoms with Crippen molar-refractivity contribution in [1.29, 1.82) is 0 Å². The molecule has 5 aromatic rings. The van der Waals surface area contributed by atoms with Crippen molar-refractivity contribution in [2.45, 2.75) is 39.5 Å². The van der Waals surface area contributed by atoms with E-state index in [9.17, 15) is 0 Å². The van der Waals surface area contributed by atoms with Crippen LogP contribution in [0.25, 0.3) is 0 Å². The zero-order valence-corrected chi connectivity index (χ0v) is 18.7. The molecule has 162 valence electrons. The molecule has 4 heterocycles. The predicted molar refractivity (Wildman–Crippen MR) is 122 cm³/mol. The fraction of sp³-hybridized carbons (Fsp3) is 0.214. The molecular formula is C28H26O4. The van der Waals surface area contributed by atoms with Gasteiger partial charge in [0.1, 0.15) is 57.9 Å². The minimum Gasteiger partial charge on any atom is -0.465 e. The van der Waals surface area contributed by atoms with E-state index in [-0.39, 0.29) is 11.8 Å². The van der Waals surface area contributed by atoms with E-state index in [0.717, 1.165) is 57.2 Å². The average Bonchev–Trinajstić information content (AvgIpc) is 3.56. The molecule has 0 radical (unpaired) electrons. The van der Waals surface area contributed by atoms with Crippen LogP contribution >= 0.6 is 0 Å². The van der Waals surface area contributed by atoms with Crippen LogP contribution in [-0.2, 0) is 0 Å². The highest BCUT2D eigenvalue weighted by molar-refractivity contribution is 5.42. The third kappa shape index (κ3) is 3.84. The first-order chi connectivity index (χ1) is 15.5. The molecule has 4 aromatic heterocycles. The third-order valence-electron chi connectivity index (χ3n) is 5.79. The molecule has 4 heteroatoms. The van der Waals surface area contributed by atoms with Gasteiger partial charge < -0.3 is 17.7 Å². The molecule has 0 atom stereocenters. The summed E-state index contributed by atoms with van der Waals surface area (Å²) in [6.07, 6.45) is 0. The summed E-state index contributed by atoms with van der Waals surface area (Å²) in [7, 11) is 0. The molecule has 0 bridgehead atoms. The molecule has 0 saturated heterocycles. The standard InChI is InChI=1S/C28H26O4/c1-17-5-13-23(29-17)27(24-14-6-18(2)30-24)21-9-11-22(12-10-21)28(25-15-7-19(3)31-25)26-16-8-20(4)32-26/h5-16,27-28H,1-4H3. The quantitative estimate of drug-likeness (QED) is 0.280. The van der Waals surface area contributed by atoms with E-state index in [1.165, 1.54) is 0 Å². The van der Waals surface area contributed by atoms with E-state index in [1.54, 1.807) is 0 Å². The molecule has 5 rings (SSSR count). The normalized spacial score (nSPS) is 11.7. The molecule has 0 unspecified atom stereocenters. The summed E-state index contributed by atoms with van der Waals surface area (Å²) in [5, 5.41) is 0. The molecule has 0 saturated carbocycles. The first-order valence-corrected chi connectivity index (χ1v) is 10.8. The van der Waals surface area contributed by atoms with Gasteiger partial charge in [0.05, 0.1) is 0 Å². The molecule has 0 aliphatic rings. The van der Waals surface area contributed by atoms with Gasteiger partial charge in [0.25, 0.3) is 0 Å². The molecule has 0 aliphatic carbocycles. The maximum Gasteiger partial charge on any atom is 0.119 e. The summed E-state index contributed by atoms with van der Waals surface area (Å²) in [4.78, 5) is 0. The molecule has 4 nitrogen and oxygen atoms in total. The van der Waals surface area contributed by atoms with Crippen LogP contribution in [0.1, 0.15) is 69.0 Å². The molecule has 1 aromatic carbocycles. The minimum atomic E-state index is -0.110. The number of hydrogen-bond donors (Lipinski definition) is 0. The first kappa shape index (κ1) is 20.3. The lowest BCUT2D eigenvalue weighted by Gasteiger charge is -2.17. The van der Waals surface area contributed by atoms with Gasteiger partial charge in [-0.05, 0) is 87.4 Å². The second-order valence-electron chi connectivity index (χ2n) is 8.33. The Kier molecular flexibility index (Phi) is 5.14. The Labute approximate surface area is 187 Å².